The molecule has 1 heteroatoms. The Morgan fingerprint density at radius 1 is 1.17 bits per heavy atom. The van der Waals surface area contributed by atoms with Crippen LogP contribution in [-0.4, -0.2) is 13.1 Å². The van der Waals surface area contributed by atoms with Crippen molar-refractivity contribution in [1.29, 1.82) is 0 Å². The predicted molar refractivity (Wildman–Crippen MR) is 52.1 cm³/mol. The summed E-state index contributed by atoms with van der Waals surface area (Å²) < 4.78 is 0. The Labute approximate surface area is 75.9 Å². The minimum absolute atomic E-state index is 0.834. The number of hydrogen-bond acceptors (Lipinski definition) is 1. The first kappa shape index (κ1) is 8.55. The highest BCUT2D eigenvalue weighted by Gasteiger charge is 2.36. The molecule has 0 aromatic heterocycles. The molecule has 2 bridgehead atoms. The van der Waals surface area contributed by atoms with Crippen LogP contribution in [0.3, 0.4) is 0 Å². The summed E-state index contributed by atoms with van der Waals surface area (Å²) in [5, 5.41) is 3.51. The lowest BCUT2D eigenvalue weighted by Crippen LogP contribution is -2.41. The zero-order chi connectivity index (χ0) is 8.55. The summed E-state index contributed by atoms with van der Waals surface area (Å²) in [6.07, 6.45) is 7.41. The summed E-state index contributed by atoms with van der Waals surface area (Å²) in [4.78, 5) is 0. The van der Waals surface area contributed by atoms with E-state index in [0.29, 0.717) is 0 Å². The van der Waals surface area contributed by atoms with E-state index in [2.05, 4.69) is 19.3 Å². The topological polar surface area (TPSA) is 12.0 Å². The van der Waals surface area contributed by atoms with E-state index in [1.807, 2.05) is 0 Å². The van der Waals surface area contributed by atoms with E-state index in [-0.39, 0.29) is 0 Å². The summed E-state index contributed by atoms with van der Waals surface area (Å²) in [6.45, 7) is 2.45. The fraction of sp³-hybridized carbons (Fsp3) is 1.00. The van der Waals surface area contributed by atoms with E-state index in [1.54, 1.807) is 0 Å². The molecule has 0 aromatic carbocycles. The van der Waals surface area contributed by atoms with Crippen molar-refractivity contribution in [3.05, 3.63) is 0 Å². The van der Waals surface area contributed by atoms with Gasteiger partial charge in [-0.3, -0.25) is 0 Å². The van der Waals surface area contributed by atoms with Crippen molar-refractivity contribution in [2.75, 3.05) is 7.05 Å². The van der Waals surface area contributed by atoms with E-state index in [0.717, 1.165) is 23.8 Å². The summed E-state index contributed by atoms with van der Waals surface area (Å²) in [5.74, 6) is 2.99. The quantitative estimate of drug-likeness (QED) is 0.632. The van der Waals surface area contributed by atoms with Gasteiger partial charge >= 0.3 is 0 Å². The maximum atomic E-state index is 3.51. The molecule has 4 unspecified atom stereocenters. The second-order valence-electron chi connectivity index (χ2n) is 4.80. The highest BCUT2D eigenvalue weighted by atomic mass is 14.9. The molecule has 1 N–H and O–H groups in total. The lowest BCUT2D eigenvalue weighted by molar-refractivity contribution is 0.167. The van der Waals surface area contributed by atoms with E-state index in [9.17, 15) is 0 Å². The van der Waals surface area contributed by atoms with Crippen molar-refractivity contribution in [1.82, 2.24) is 5.32 Å². The number of hydrogen-bond donors (Lipinski definition) is 1. The Morgan fingerprint density at radius 2 is 2.00 bits per heavy atom. The largest absolute Gasteiger partial charge is 0.317 e. The van der Waals surface area contributed by atoms with Crippen LogP contribution in [0.1, 0.15) is 39.0 Å². The summed E-state index contributed by atoms with van der Waals surface area (Å²) >= 11 is 0. The van der Waals surface area contributed by atoms with Crippen LogP contribution in [0.5, 0.6) is 0 Å². The molecule has 0 aliphatic heterocycles. The highest BCUT2D eigenvalue weighted by molar-refractivity contribution is 4.90. The highest BCUT2D eigenvalue weighted by Crippen LogP contribution is 2.42. The molecule has 3 fully saturated rings. The molecule has 3 saturated carbocycles. The number of fused-ring (bicyclic) bond motifs is 4. The summed E-state index contributed by atoms with van der Waals surface area (Å²) in [7, 11) is 2.14. The predicted octanol–water partition coefficient (Wildman–Crippen LogP) is 2.42. The van der Waals surface area contributed by atoms with Gasteiger partial charge in [0.05, 0.1) is 0 Å². The number of nitrogens with one attached hydrogen (secondary N) is 1. The van der Waals surface area contributed by atoms with E-state index < -0.39 is 0 Å². The molecule has 0 saturated heterocycles. The molecule has 1 nitrogen and oxygen atoms in total. The van der Waals surface area contributed by atoms with Gasteiger partial charge in [0.15, 0.2) is 0 Å². The summed E-state index contributed by atoms with van der Waals surface area (Å²) in [6, 6.07) is 0.834. The lowest BCUT2D eigenvalue weighted by Gasteiger charge is -2.37. The van der Waals surface area contributed by atoms with Crippen molar-refractivity contribution in [3.8, 4) is 0 Å². The van der Waals surface area contributed by atoms with E-state index in [4.69, 9.17) is 0 Å². The van der Waals surface area contributed by atoms with Crippen LogP contribution in [0.2, 0.25) is 0 Å². The molecule has 0 spiro atoms. The minimum atomic E-state index is 0.834. The van der Waals surface area contributed by atoms with Gasteiger partial charge in [-0.15, -0.1) is 0 Å². The van der Waals surface area contributed by atoms with Gasteiger partial charge in [0.25, 0.3) is 0 Å². The van der Waals surface area contributed by atoms with Gasteiger partial charge < -0.3 is 5.32 Å². The minimum Gasteiger partial charge on any atom is -0.317 e. The van der Waals surface area contributed by atoms with Gasteiger partial charge in [-0.05, 0) is 44.1 Å². The normalized spacial score (nSPS) is 47.5. The van der Waals surface area contributed by atoms with Crippen LogP contribution < -0.4 is 5.32 Å². The van der Waals surface area contributed by atoms with Crippen molar-refractivity contribution in [3.63, 3.8) is 0 Å². The van der Waals surface area contributed by atoms with Gasteiger partial charge in [-0.1, -0.05) is 19.8 Å². The molecule has 0 heterocycles. The Morgan fingerprint density at radius 3 is 2.75 bits per heavy atom. The average Bonchev–Trinajstić information content (AvgIpc) is 2.35. The average molecular weight is 167 g/mol. The molecule has 4 atom stereocenters. The first-order chi connectivity index (χ1) is 5.81. The van der Waals surface area contributed by atoms with Crippen molar-refractivity contribution >= 4 is 0 Å². The fourth-order valence-electron chi connectivity index (χ4n) is 3.42. The monoisotopic (exact) mass is 167 g/mol. The standard InChI is InChI=1S/C11H21N/c1-8-6-9-4-3-5-10(8)11(7-9)12-2/h8-12H,3-7H2,1-2H3. The second kappa shape index (κ2) is 3.37. The Bertz CT molecular complexity index is 155. The Hall–Kier alpha value is -0.0400. The maximum Gasteiger partial charge on any atom is 0.00975 e. The van der Waals surface area contributed by atoms with Gasteiger partial charge in [-0.2, -0.15) is 0 Å². The molecular weight excluding hydrogens is 146 g/mol. The van der Waals surface area contributed by atoms with E-state index >= 15 is 0 Å². The SMILES string of the molecule is CNC1CC2CCCC1C(C)C2. The van der Waals surface area contributed by atoms with Gasteiger partial charge in [0, 0.05) is 6.04 Å². The Kier molecular flexibility index (Phi) is 2.40. The van der Waals surface area contributed by atoms with Crippen molar-refractivity contribution in [2.24, 2.45) is 17.8 Å². The van der Waals surface area contributed by atoms with Crippen LogP contribution >= 0.6 is 0 Å². The Balaban J connectivity index is 2.11. The van der Waals surface area contributed by atoms with Gasteiger partial charge in [0.1, 0.15) is 0 Å². The molecule has 0 amide bonds. The summed E-state index contributed by atoms with van der Waals surface area (Å²) in [5.41, 5.74) is 0. The molecule has 3 aliphatic rings. The third-order valence-electron chi connectivity index (χ3n) is 4.06. The molecule has 0 radical (unpaired) electrons. The van der Waals surface area contributed by atoms with Crippen LogP contribution in [0, 0.1) is 17.8 Å². The zero-order valence-corrected chi connectivity index (χ0v) is 8.34. The third-order valence-corrected chi connectivity index (χ3v) is 4.06. The van der Waals surface area contributed by atoms with Crippen LogP contribution in [0.25, 0.3) is 0 Å². The molecule has 3 aliphatic carbocycles. The molecule has 12 heavy (non-hydrogen) atoms. The van der Waals surface area contributed by atoms with Crippen LogP contribution in [-0.2, 0) is 0 Å². The van der Waals surface area contributed by atoms with Crippen LogP contribution in [0.15, 0.2) is 0 Å². The smallest absolute Gasteiger partial charge is 0.00975 e. The third kappa shape index (κ3) is 1.39. The van der Waals surface area contributed by atoms with Crippen molar-refractivity contribution in [2.45, 2.75) is 45.1 Å². The van der Waals surface area contributed by atoms with Gasteiger partial charge in [-0.25, -0.2) is 0 Å². The van der Waals surface area contributed by atoms with Gasteiger partial charge in [0.2, 0.25) is 0 Å². The number of rotatable bonds is 1. The first-order valence-electron chi connectivity index (χ1n) is 5.48. The first-order valence-corrected chi connectivity index (χ1v) is 5.48. The molecule has 3 rings (SSSR count). The molecule has 0 aromatic rings. The van der Waals surface area contributed by atoms with Crippen LogP contribution in [0.4, 0.5) is 0 Å². The fourth-order valence-corrected chi connectivity index (χ4v) is 3.42. The van der Waals surface area contributed by atoms with E-state index in [1.165, 1.54) is 32.1 Å². The molecule has 70 valence electrons. The second-order valence-corrected chi connectivity index (χ2v) is 4.80. The maximum absolute atomic E-state index is 3.51. The van der Waals surface area contributed by atoms with Crippen molar-refractivity contribution < 1.29 is 0 Å². The zero-order valence-electron chi connectivity index (χ0n) is 8.34. The lowest BCUT2D eigenvalue weighted by atomic mass is 9.73. The molecular formula is C11H21N.